The van der Waals surface area contributed by atoms with E-state index in [2.05, 4.69) is 58.9 Å². The highest BCUT2D eigenvalue weighted by Crippen LogP contribution is 2.44. The van der Waals surface area contributed by atoms with Crippen LogP contribution in [-0.4, -0.2) is 74.6 Å². The number of thioether (sulfide) groups is 1. The average molecular weight is 1130 g/mol. The highest BCUT2D eigenvalue weighted by molar-refractivity contribution is 8.00. The van der Waals surface area contributed by atoms with Gasteiger partial charge in [0.15, 0.2) is 10.8 Å². The van der Waals surface area contributed by atoms with Crippen LogP contribution in [0.5, 0.6) is 0 Å². The van der Waals surface area contributed by atoms with Crippen molar-refractivity contribution in [2.24, 2.45) is 5.16 Å². The molecule has 10 rings (SSSR count). The number of carbonyl (C=O) groups is 4. The molecule has 414 valence electrons. The normalized spacial score (nSPS) is 15.7. The van der Waals surface area contributed by atoms with Crippen molar-refractivity contribution >= 4 is 64.0 Å². The van der Waals surface area contributed by atoms with E-state index >= 15 is 4.79 Å². The maximum atomic E-state index is 15.4. The molecule has 14 nitrogen and oxygen atoms in total. The summed E-state index contributed by atoms with van der Waals surface area (Å²) in [7, 11) is 0. The van der Waals surface area contributed by atoms with Crippen LogP contribution in [-0.2, 0) is 44.6 Å². The first-order valence-corrected chi connectivity index (χ1v) is 29.1. The Morgan fingerprint density at radius 1 is 0.707 bits per heavy atom. The Labute approximate surface area is 484 Å². The summed E-state index contributed by atoms with van der Waals surface area (Å²) in [5.41, 5.74) is 3.78. The molecule has 6 aromatic carbocycles. The van der Waals surface area contributed by atoms with E-state index in [1.165, 1.54) is 34.9 Å². The molecule has 2 aliphatic rings. The number of hydrogen-bond acceptors (Lipinski definition) is 14. The molecule has 4 heterocycles. The summed E-state index contributed by atoms with van der Waals surface area (Å²) in [6.07, 6.45) is 8.06. The fourth-order valence-electron chi connectivity index (χ4n) is 10.1. The number of rotatable bonds is 23. The van der Waals surface area contributed by atoms with Crippen LogP contribution >= 0.6 is 23.1 Å². The number of allylic oxidation sites excluding steroid dienone is 1. The molecular weight excluding hydrogens is 1070 g/mol. The van der Waals surface area contributed by atoms with Crippen molar-refractivity contribution < 1.29 is 38.2 Å². The van der Waals surface area contributed by atoms with E-state index < -0.39 is 52.8 Å². The summed E-state index contributed by atoms with van der Waals surface area (Å²) in [6.45, 7) is 3.64. The predicted octanol–water partition coefficient (Wildman–Crippen LogP) is 12.6. The van der Waals surface area contributed by atoms with Gasteiger partial charge in [-0.1, -0.05) is 232 Å². The van der Waals surface area contributed by atoms with Crippen molar-refractivity contribution in [1.29, 1.82) is 0 Å². The summed E-state index contributed by atoms with van der Waals surface area (Å²) in [6, 6.07) is 61.7. The third-order valence-corrected chi connectivity index (χ3v) is 16.1. The largest absolute Gasteiger partial charge is 0.511 e. The summed E-state index contributed by atoms with van der Waals surface area (Å²) in [5, 5.41) is 13.1. The van der Waals surface area contributed by atoms with Crippen LogP contribution in [0.3, 0.4) is 0 Å². The molecule has 2 aliphatic heterocycles. The third-order valence-electron chi connectivity index (χ3n) is 14.1. The number of nitrogens with one attached hydrogen (secondary N) is 2. The molecule has 0 spiro atoms. The van der Waals surface area contributed by atoms with Gasteiger partial charge in [0, 0.05) is 47.1 Å². The maximum Gasteiger partial charge on any atom is 0.511 e. The number of nitrogens with zero attached hydrogens (tertiary/aromatic N) is 4. The zero-order valence-electron chi connectivity index (χ0n) is 45.2. The van der Waals surface area contributed by atoms with E-state index in [9.17, 15) is 14.4 Å². The minimum atomic E-state index is -1.40. The fourth-order valence-corrected chi connectivity index (χ4v) is 12.2. The van der Waals surface area contributed by atoms with Crippen molar-refractivity contribution in [3.05, 3.63) is 274 Å². The second-order valence-electron chi connectivity index (χ2n) is 19.4. The van der Waals surface area contributed by atoms with Crippen molar-refractivity contribution in [3.63, 3.8) is 0 Å². The monoisotopic (exact) mass is 1130 g/mol. The summed E-state index contributed by atoms with van der Waals surface area (Å²) < 4.78 is 16.2. The summed E-state index contributed by atoms with van der Waals surface area (Å²) >= 11 is 2.64. The van der Waals surface area contributed by atoms with Gasteiger partial charge >= 0.3 is 12.1 Å². The molecule has 2 amide bonds. The molecule has 82 heavy (non-hydrogen) atoms. The molecule has 16 heteroatoms. The summed E-state index contributed by atoms with van der Waals surface area (Å²) in [5.74, 6) is -2.02. The van der Waals surface area contributed by atoms with Crippen LogP contribution in [0.4, 0.5) is 9.93 Å². The van der Waals surface area contributed by atoms with Crippen molar-refractivity contribution in [2.75, 3.05) is 17.7 Å². The molecular formula is C66H60N6O8S2. The summed E-state index contributed by atoms with van der Waals surface area (Å²) in [4.78, 5) is 74.7. The van der Waals surface area contributed by atoms with Gasteiger partial charge in [-0.25, -0.2) is 14.6 Å². The second-order valence-corrected chi connectivity index (χ2v) is 21.4. The SMILES string of the molecule is CCCCCCOC(=O)OC(C)OC(=O)C1=C(/C=C\c2cccnc2)CS[C@@H]2[C@H](NC(=O)/C(=N/OC(c3ccccc3)(c3ccccc3)c3ccccc3)c3csc(NC(c4ccccc4)(c4ccccc4)c4ccccc4)n3)C(=O)N12. The van der Waals surface area contributed by atoms with Gasteiger partial charge in [-0.15, -0.1) is 23.1 Å². The lowest BCUT2D eigenvalue weighted by atomic mass is 9.77. The molecule has 0 bridgehead atoms. The number of carbonyl (C=O) groups excluding carboxylic acids is 4. The van der Waals surface area contributed by atoms with Crippen molar-refractivity contribution in [2.45, 2.75) is 68.4 Å². The van der Waals surface area contributed by atoms with Gasteiger partial charge < -0.3 is 29.7 Å². The first kappa shape index (κ1) is 56.2. The maximum absolute atomic E-state index is 15.4. The van der Waals surface area contributed by atoms with E-state index in [1.54, 1.807) is 36.0 Å². The number of ether oxygens (including phenoxy) is 3. The van der Waals surface area contributed by atoms with Crippen LogP contribution < -0.4 is 10.6 Å². The van der Waals surface area contributed by atoms with Crippen LogP contribution in [0.15, 0.2) is 234 Å². The standard InChI is InChI=1S/C66H60N6O8S2/c1-3-4-5-24-42-77-64(76)79-46(2)78-62(75)58-48(40-39-47-26-25-41-67-43-47)44-81-61-57(60(74)72(58)61)69-59(73)56(71-80-66(52-33-18-9-19-34-52,53-35-20-10-21-36-53)54-37-22-11-23-38-54)55-45-82-63(68-55)70-65(49-27-12-6-13-28-49,50-29-14-7-15-30-50)51-31-16-8-17-32-51/h6-23,25-41,43,45-46,57,61H,3-5,24,42,44H2,1-2H3,(H,68,70)(H,69,73)/b40-39-,71-56+/t46?,57-,61-/m1/s1. The Balaban J connectivity index is 1.02. The van der Waals surface area contributed by atoms with E-state index in [4.69, 9.17) is 29.2 Å². The Bertz CT molecular complexity index is 3340. The molecule has 3 atom stereocenters. The van der Waals surface area contributed by atoms with E-state index in [0.29, 0.717) is 17.1 Å². The van der Waals surface area contributed by atoms with Crippen molar-refractivity contribution in [1.82, 2.24) is 20.2 Å². The highest BCUT2D eigenvalue weighted by Gasteiger charge is 2.55. The zero-order valence-corrected chi connectivity index (χ0v) is 46.8. The topological polar surface area (TPSA) is 171 Å². The number of benzene rings is 6. The Morgan fingerprint density at radius 3 is 1.78 bits per heavy atom. The number of aromatic nitrogens is 2. The second kappa shape index (κ2) is 26.4. The van der Waals surface area contributed by atoms with Gasteiger partial charge in [0.2, 0.25) is 11.9 Å². The number of hydrogen-bond donors (Lipinski definition) is 2. The van der Waals surface area contributed by atoms with Gasteiger partial charge in [0.05, 0.1) is 6.61 Å². The number of oxime groups is 1. The molecule has 2 N–H and O–H groups in total. The number of fused-ring (bicyclic) bond motifs is 1. The first-order valence-electron chi connectivity index (χ1n) is 27.1. The van der Waals surface area contributed by atoms with E-state index in [-0.39, 0.29) is 29.5 Å². The Hall–Kier alpha value is -9.12. The lowest BCUT2D eigenvalue weighted by Crippen LogP contribution is -2.71. The zero-order chi connectivity index (χ0) is 56.7. The molecule has 0 aliphatic carbocycles. The minimum Gasteiger partial charge on any atom is -0.434 e. The lowest BCUT2D eigenvalue weighted by molar-refractivity contribution is -0.169. The number of pyridine rings is 1. The smallest absolute Gasteiger partial charge is 0.434 e. The molecule has 1 fully saturated rings. The quantitative estimate of drug-likeness (QED) is 0.0118. The van der Waals surface area contributed by atoms with Gasteiger partial charge in [-0.3, -0.25) is 19.5 Å². The van der Waals surface area contributed by atoms with Crippen LogP contribution in [0.2, 0.25) is 0 Å². The predicted molar refractivity (Wildman–Crippen MR) is 319 cm³/mol. The number of anilines is 1. The Morgan fingerprint density at radius 2 is 1.26 bits per heavy atom. The lowest BCUT2D eigenvalue weighted by Gasteiger charge is -2.49. The molecule has 1 saturated heterocycles. The third kappa shape index (κ3) is 12.3. The molecule has 2 aromatic heterocycles. The minimum absolute atomic E-state index is 0.0627. The molecule has 8 aromatic rings. The van der Waals surface area contributed by atoms with Crippen LogP contribution in [0.25, 0.3) is 6.08 Å². The van der Waals surface area contributed by atoms with Gasteiger partial charge in [0.1, 0.15) is 28.3 Å². The van der Waals surface area contributed by atoms with Gasteiger partial charge in [-0.2, -0.15) is 0 Å². The van der Waals surface area contributed by atoms with E-state index in [1.807, 2.05) is 152 Å². The van der Waals surface area contributed by atoms with Gasteiger partial charge in [-0.05, 0) is 40.3 Å². The number of β-lactam (4-membered cyclic amide) rings is 1. The number of esters is 1. The molecule has 0 saturated carbocycles. The van der Waals surface area contributed by atoms with Crippen LogP contribution in [0.1, 0.15) is 84.2 Å². The fraction of sp³-hybridized carbons (Fsp3) is 0.197. The number of thiazole rings is 1. The number of unbranched alkanes of at least 4 members (excludes halogenated alkanes) is 3. The van der Waals surface area contributed by atoms with Crippen molar-refractivity contribution in [3.8, 4) is 0 Å². The molecule has 1 unspecified atom stereocenters. The first-order chi connectivity index (χ1) is 40.2. The van der Waals surface area contributed by atoms with Gasteiger partial charge in [0.25, 0.3) is 11.8 Å². The van der Waals surface area contributed by atoms with E-state index in [0.717, 1.165) is 58.2 Å². The van der Waals surface area contributed by atoms with Crippen LogP contribution in [0, 0.1) is 0 Å². The Kier molecular flexibility index (Phi) is 18.1. The number of amides is 2. The molecule has 0 radical (unpaired) electrons. The average Bonchev–Trinajstić information content (AvgIpc) is 3.57. The highest BCUT2D eigenvalue weighted by atomic mass is 32.2.